The van der Waals surface area contributed by atoms with Gasteiger partial charge in [-0.15, -0.1) is 0 Å². The first-order chi connectivity index (χ1) is 15.4. The molecule has 1 aromatic carbocycles. The summed E-state index contributed by atoms with van der Waals surface area (Å²) in [7, 11) is 0. The fraction of sp³-hybridized carbons (Fsp3) is 0.583. The van der Waals surface area contributed by atoms with Crippen LogP contribution in [0.1, 0.15) is 68.6 Å². The molecule has 0 aromatic heterocycles. The van der Waals surface area contributed by atoms with Gasteiger partial charge < -0.3 is 10.1 Å². The molecule has 1 heterocycles. The Balaban J connectivity index is 1.90. The van der Waals surface area contributed by atoms with Crippen LogP contribution in [-0.4, -0.2) is 47.5 Å². The Morgan fingerprint density at radius 2 is 1.81 bits per heavy atom. The molecule has 1 saturated heterocycles. The van der Waals surface area contributed by atoms with Crippen molar-refractivity contribution in [2.75, 3.05) is 13.2 Å². The Bertz CT molecular complexity index is 839. The third kappa shape index (κ3) is 6.07. The van der Waals surface area contributed by atoms with E-state index in [1.165, 1.54) is 13.3 Å². The number of amides is 3. The summed E-state index contributed by atoms with van der Waals surface area (Å²) in [6.45, 7) is 2.09. The third-order valence-electron chi connectivity index (χ3n) is 6.34. The molecule has 0 radical (unpaired) electrons. The van der Waals surface area contributed by atoms with Crippen LogP contribution in [-0.2, 0) is 14.3 Å². The van der Waals surface area contributed by atoms with Gasteiger partial charge >= 0.3 is 0 Å². The topological polar surface area (TPSA) is 112 Å². The van der Waals surface area contributed by atoms with E-state index in [0.29, 0.717) is 38.0 Å². The summed E-state index contributed by atoms with van der Waals surface area (Å²) >= 11 is 0. The highest BCUT2D eigenvalue weighted by atomic mass is 16.5. The fourth-order valence-corrected chi connectivity index (χ4v) is 4.53. The van der Waals surface area contributed by atoms with Gasteiger partial charge in [0.05, 0.1) is 6.07 Å². The lowest BCUT2D eigenvalue weighted by molar-refractivity contribution is -0.132. The average molecular weight is 441 g/mol. The van der Waals surface area contributed by atoms with Crippen LogP contribution in [0.25, 0.3) is 0 Å². The minimum atomic E-state index is -1.03. The Kier molecular flexibility index (Phi) is 8.23. The van der Waals surface area contributed by atoms with Crippen molar-refractivity contribution < 1.29 is 19.1 Å². The monoisotopic (exact) mass is 440 g/mol. The number of benzene rings is 1. The summed E-state index contributed by atoms with van der Waals surface area (Å²) in [6.07, 6.45) is 6.52. The van der Waals surface area contributed by atoms with Gasteiger partial charge in [-0.2, -0.15) is 5.26 Å². The van der Waals surface area contributed by atoms with Gasteiger partial charge in [-0.1, -0.05) is 50.3 Å². The maximum absolute atomic E-state index is 13.6. The van der Waals surface area contributed by atoms with Crippen molar-refractivity contribution in [3.05, 3.63) is 35.9 Å². The quantitative estimate of drug-likeness (QED) is 0.661. The number of hydrazine groups is 1. The number of nitriles is 1. The smallest absolute Gasteiger partial charge is 0.273 e. The van der Waals surface area contributed by atoms with Crippen molar-refractivity contribution in [2.45, 2.75) is 69.9 Å². The summed E-state index contributed by atoms with van der Waals surface area (Å²) in [4.78, 5) is 38.9. The van der Waals surface area contributed by atoms with Crippen molar-refractivity contribution in [2.24, 2.45) is 5.92 Å². The summed E-state index contributed by atoms with van der Waals surface area (Å²) < 4.78 is 5.36. The third-order valence-corrected chi connectivity index (χ3v) is 6.34. The predicted molar refractivity (Wildman–Crippen MR) is 118 cm³/mol. The Labute approximate surface area is 189 Å². The molecule has 0 spiro atoms. The molecule has 2 fully saturated rings. The van der Waals surface area contributed by atoms with E-state index in [2.05, 4.69) is 16.8 Å². The van der Waals surface area contributed by atoms with Crippen molar-refractivity contribution >= 4 is 17.7 Å². The standard InChI is InChI=1S/C24H32N4O4/c1-18(29)27-28(23(31)20-10-6-3-7-11-20)21(16-19-8-4-2-5-9-19)22(30)26-24(17-25)12-14-32-15-13-24/h3,6-7,10-11,19,21H,2,4-5,8-9,12-16H2,1H3,(H,26,30)(H,27,29). The second-order valence-corrected chi connectivity index (χ2v) is 8.76. The van der Waals surface area contributed by atoms with Gasteiger partial charge in [-0.25, -0.2) is 5.01 Å². The van der Waals surface area contributed by atoms with E-state index < -0.39 is 29.3 Å². The minimum Gasteiger partial charge on any atom is -0.381 e. The summed E-state index contributed by atoms with van der Waals surface area (Å²) in [5.41, 5.74) is 1.94. The molecule has 1 unspecified atom stereocenters. The second-order valence-electron chi connectivity index (χ2n) is 8.76. The molecule has 32 heavy (non-hydrogen) atoms. The van der Waals surface area contributed by atoms with Crippen LogP contribution < -0.4 is 10.7 Å². The van der Waals surface area contributed by atoms with Crippen LogP contribution in [0, 0.1) is 17.2 Å². The summed E-state index contributed by atoms with van der Waals surface area (Å²) in [6, 6.07) is 9.92. The molecule has 8 heteroatoms. The molecule has 3 rings (SSSR count). The van der Waals surface area contributed by atoms with Gasteiger partial charge in [0.1, 0.15) is 11.6 Å². The van der Waals surface area contributed by atoms with E-state index in [9.17, 15) is 19.6 Å². The number of nitrogens with zero attached hydrogens (tertiary/aromatic N) is 2. The molecule has 1 aliphatic heterocycles. The Morgan fingerprint density at radius 1 is 1.16 bits per heavy atom. The molecule has 8 nitrogen and oxygen atoms in total. The van der Waals surface area contributed by atoms with Crippen LogP contribution in [0.2, 0.25) is 0 Å². The van der Waals surface area contributed by atoms with Crippen LogP contribution in [0.5, 0.6) is 0 Å². The van der Waals surface area contributed by atoms with Gasteiger partial charge in [0, 0.05) is 38.5 Å². The van der Waals surface area contributed by atoms with Crippen molar-refractivity contribution in [3.8, 4) is 6.07 Å². The van der Waals surface area contributed by atoms with E-state index >= 15 is 0 Å². The van der Waals surface area contributed by atoms with Crippen LogP contribution in [0.3, 0.4) is 0 Å². The molecule has 2 N–H and O–H groups in total. The lowest BCUT2D eigenvalue weighted by Gasteiger charge is -2.37. The lowest BCUT2D eigenvalue weighted by atomic mass is 9.84. The normalized spacial score (nSPS) is 19.2. The number of ether oxygens (including phenoxy) is 1. The highest BCUT2D eigenvalue weighted by Crippen LogP contribution is 2.29. The van der Waals surface area contributed by atoms with Gasteiger partial charge in [-0.05, 0) is 24.5 Å². The van der Waals surface area contributed by atoms with Crippen molar-refractivity contribution in [1.29, 1.82) is 5.26 Å². The first kappa shape index (κ1) is 23.7. The molecular formula is C24H32N4O4. The lowest BCUT2D eigenvalue weighted by Crippen LogP contribution is -2.61. The van der Waals surface area contributed by atoms with Crippen LogP contribution >= 0.6 is 0 Å². The largest absolute Gasteiger partial charge is 0.381 e. The molecule has 1 atom stereocenters. The summed E-state index contributed by atoms with van der Waals surface area (Å²) in [5, 5.41) is 13.9. The van der Waals surface area contributed by atoms with Gasteiger partial charge in [-0.3, -0.25) is 19.8 Å². The highest BCUT2D eigenvalue weighted by molar-refractivity contribution is 5.98. The molecule has 1 saturated carbocycles. The first-order valence-electron chi connectivity index (χ1n) is 11.4. The first-order valence-corrected chi connectivity index (χ1v) is 11.4. The minimum absolute atomic E-state index is 0.270. The molecule has 2 aliphatic rings. The zero-order valence-corrected chi connectivity index (χ0v) is 18.6. The van der Waals surface area contributed by atoms with E-state index in [1.807, 2.05) is 0 Å². The number of carbonyl (C=O) groups is 3. The molecule has 0 bridgehead atoms. The molecule has 3 amide bonds. The predicted octanol–water partition coefficient (Wildman–Crippen LogP) is 2.71. The number of hydrogen-bond donors (Lipinski definition) is 2. The fourth-order valence-electron chi connectivity index (χ4n) is 4.53. The SMILES string of the molecule is CC(=O)NN(C(=O)c1ccccc1)C(CC1CCCCC1)C(=O)NC1(C#N)CCOCC1. The zero-order chi connectivity index (χ0) is 23.0. The number of carbonyl (C=O) groups excluding carboxylic acids is 3. The van der Waals surface area contributed by atoms with Crippen LogP contribution in [0.4, 0.5) is 0 Å². The maximum atomic E-state index is 13.6. The molecular weight excluding hydrogens is 408 g/mol. The molecule has 1 aromatic rings. The maximum Gasteiger partial charge on any atom is 0.273 e. The van der Waals surface area contributed by atoms with E-state index in [4.69, 9.17) is 4.74 Å². The second kappa shape index (κ2) is 11.1. The Hall–Kier alpha value is -2.92. The van der Waals surface area contributed by atoms with Crippen molar-refractivity contribution in [3.63, 3.8) is 0 Å². The number of rotatable bonds is 6. The number of hydrogen-bond acceptors (Lipinski definition) is 5. The van der Waals surface area contributed by atoms with E-state index in [0.717, 1.165) is 30.7 Å². The van der Waals surface area contributed by atoms with Crippen molar-refractivity contribution in [1.82, 2.24) is 15.8 Å². The van der Waals surface area contributed by atoms with E-state index in [1.54, 1.807) is 30.3 Å². The average Bonchev–Trinajstić information content (AvgIpc) is 2.82. The van der Waals surface area contributed by atoms with E-state index in [-0.39, 0.29) is 5.92 Å². The highest BCUT2D eigenvalue weighted by Gasteiger charge is 2.40. The van der Waals surface area contributed by atoms with Gasteiger partial charge in [0.15, 0.2) is 0 Å². The molecule has 1 aliphatic carbocycles. The van der Waals surface area contributed by atoms with Gasteiger partial charge in [0.2, 0.25) is 11.8 Å². The number of nitrogens with one attached hydrogen (secondary N) is 2. The zero-order valence-electron chi connectivity index (χ0n) is 18.6. The summed E-state index contributed by atoms with van der Waals surface area (Å²) in [5.74, 6) is -1.03. The van der Waals surface area contributed by atoms with Gasteiger partial charge in [0.25, 0.3) is 5.91 Å². The molecule has 172 valence electrons. The van der Waals surface area contributed by atoms with Crippen LogP contribution in [0.15, 0.2) is 30.3 Å². The Morgan fingerprint density at radius 3 is 2.41 bits per heavy atom.